The van der Waals surface area contributed by atoms with Crippen LogP contribution in [0.1, 0.15) is 33.1 Å². The monoisotopic (exact) mass is 215 g/mol. The smallest absolute Gasteiger partial charge is 0.222 e. The predicted octanol–water partition coefficient (Wildman–Crippen LogP) is 1.40. The molecule has 0 aromatic rings. The zero-order valence-corrected chi connectivity index (χ0v) is 9.70. The van der Waals surface area contributed by atoms with Crippen LogP contribution in [0.2, 0.25) is 0 Å². The van der Waals surface area contributed by atoms with Gasteiger partial charge in [0.2, 0.25) is 5.91 Å². The first-order chi connectivity index (χ1) is 7.27. The molecular weight excluding hydrogens is 194 g/mol. The van der Waals surface area contributed by atoms with Gasteiger partial charge in [-0.15, -0.1) is 0 Å². The number of hydrogen-bond acceptors (Lipinski definition) is 3. The van der Waals surface area contributed by atoms with Crippen molar-refractivity contribution in [2.45, 2.75) is 39.4 Å². The lowest BCUT2D eigenvalue weighted by Gasteiger charge is -2.21. The van der Waals surface area contributed by atoms with Gasteiger partial charge in [0.25, 0.3) is 0 Å². The van der Waals surface area contributed by atoms with E-state index >= 15 is 0 Å². The molecule has 0 aromatic heterocycles. The van der Waals surface area contributed by atoms with Gasteiger partial charge in [0, 0.05) is 39.1 Å². The first-order valence-electron chi connectivity index (χ1n) is 5.78. The van der Waals surface area contributed by atoms with Crippen LogP contribution in [0.15, 0.2) is 0 Å². The van der Waals surface area contributed by atoms with Crippen molar-refractivity contribution < 1.29 is 14.3 Å². The SMILES string of the molecule is CCOC(CCN1CCCC1=O)OCC. The molecule has 1 amide bonds. The summed E-state index contributed by atoms with van der Waals surface area (Å²) in [5, 5.41) is 0. The van der Waals surface area contributed by atoms with E-state index in [0.717, 1.165) is 25.9 Å². The number of carbonyl (C=O) groups is 1. The standard InChI is InChI=1S/C11H21NO3/c1-3-14-11(15-4-2)7-9-12-8-5-6-10(12)13/h11H,3-9H2,1-2H3. The number of nitrogens with zero attached hydrogens (tertiary/aromatic N) is 1. The lowest BCUT2D eigenvalue weighted by atomic mass is 10.3. The van der Waals surface area contributed by atoms with Crippen molar-refractivity contribution in [3.05, 3.63) is 0 Å². The van der Waals surface area contributed by atoms with E-state index in [4.69, 9.17) is 9.47 Å². The topological polar surface area (TPSA) is 38.8 Å². The molecule has 0 saturated carbocycles. The van der Waals surface area contributed by atoms with Gasteiger partial charge in [0.15, 0.2) is 6.29 Å². The molecule has 0 N–H and O–H groups in total. The van der Waals surface area contributed by atoms with Crippen molar-refractivity contribution in [1.82, 2.24) is 4.90 Å². The summed E-state index contributed by atoms with van der Waals surface area (Å²) in [6.45, 7) is 6.85. The van der Waals surface area contributed by atoms with Crippen molar-refractivity contribution in [3.8, 4) is 0 Å². The zero-order chi connectivity index (χ0) is 11.1. The predicted molar refractivity (Wildman–Crippen MR) is 57.5 cm³/mol. The Kier molecular flexibility index (Phi) is 5.65. The van der Waals surface area contributed by atoms with Crippen LogP contribution in [-0.2, 0) is 14.3 Å². The van der Waals surface area contributed by atoms with Crippen molar-refractivity contribution in [3.63, 3.8) is 0 Å². The second-order valence-corrected chi connectivity index (χ2v) is 3.61. The van der Waals surface area contributed by atoms with Gasteiger partial charge in [-0.05, 0) is 20.3 Å². The van der Waals surface area contributed by atoms with Crippen LogP contribution in [0.5, 0.6) is 0 Å². The molecule has 4 nitrogen and oxygen atoms in total. The first-order valence-corrected chi connectivity index (χ1v) is 5.78. The minimum absolute atomic E-state index is 0.159. The van der Waals surface area contributed by atoms with Crippen molar-refractivity contribution >= 4 is 5.91 Å². The van der Waals surface area contributed by atoms with Crippen LogP contribution in [0.4, 0.5) is 0 Å². The normalized spacial score (nSPS) is 16.7. The maximum atomic E-state index is 11.3. The molecule has 15 heavy (non-hydrogen) atoms. The van der Waals surface area contributed by atoms with Gasteiger partial charge in [-0.3, -0.25) is 4.79 Å². The molecule has 0 aliphatic carbocycles. The van der Waals surface area contributed by atoms with Gasteiger partial charge in [0.1, 0.15) is 0 Å². The van der Waals surface area contributed by atoms with Gasteiger partial charge in [-0.2, -0.15) is 0 Å². The molecule has 1 aliphatic heterocycles. The molecule has 1 heterocycles. The van der Waals surface area contributed by atoms with Gasteiger partial charge >= 0.3 is 0 Å². The molecule has 1 aliphatic rings. The molecule has 0 spiro atoms. The number of carbonyl (C=O) groups excluding carboxylic acids is 1. The van der Waals surface area contributed by atoms with E-state index in [1.54, 1.807) is 0 Å². The number of likely N-dealkylation sites (tertiary alicyclic amines) is 1. The lowest BCUT2D eigenvalue weighted by molar-refractivity contribution is -0.144. The molecular formula is C11H21NO3. The third-order valence-corrected chi connectivity index (χ3v) is 2.51. The summed E-state index contributed by atoms with van der Waals surface area (Å²) in [5.74, 6) is 0.266. The third-order valence-electron chi connectivity index (χ3n) is 2.51. The Morgan fingerprint density at radius 2 is 2.00 bits per heavy atom. The average molecular weight is 215 g/mol. The first kappa shape index (κ1) is 12.5. The Balaban J connectivity index is 2.22. The molecule has 88 valence electrons. The highest BCUT2D eigenvalue weighted by atomic mass is 16.7. The fourth-order valence-corrected chi connectivity index (χ4v) is 1.79. The van der Waals surface area contributed by atoms with E-state index in [1.165, 1.54) is 0 Å². The fraction of sp³-hybridized carbons (Fsp3) is 0.909. The minimum atomic E-state index is -0.159. The molecule has 1 saturated heterocycles. The molecule has 0 radical (unpaired) electrons. The third kappa shape index (κ3) is 4.18. The van der Waals surface area contributed by atoms with Crippen LogP contribution < -0.4 is 0 Å². The lowest BCUT2D eigenvalue weighted by Crippen LogP contribution is -2.30. The number of rotatable bonds is 7. The number of amides is 1. The molecule has 1 fully saturated rings. The van der Waals surface area contributed by atoms with Crippen molar-refractivity contribution in [2.75, 3.05) is 26.3 Å². The van der Waals surface area contributed by atoms with Gasteiger partial charge < -0.3 is 14.4 Å². The highest BCUT2D eigenvalue weighted by Crippen LogP contribution is 2.11. The Morgan fingerprint density at radius 3 is 2.47 bits per heavy atom. The van der Waals surface area contributed by atoms with E-state index in [9.17, 15) is 4.79 Å². The Bertz CT molecular complexity index is 190. The molecule has 0 bridgehead atoms. The Labute approximate surface area is 91.5 Å². The minimum Gasteiger partial charge on any atom is -0.353 e. The van der Waals surface area contributed by atoms with Crippen LogP contribution in [0.3, 0.4) is 0 Å². The second-order valence-electron chi connectivity index (χ2n) is 3.61. The van der Waals surface area contributed by atoms with Crippen LogP contribution in [0.25, 0.3) is 0 Å². The molecule has 0 aromatic carbocycles. The van der Waals surface area contributed by atoms with E-state index in [1.807, 2.05) is 18.7 Å². The van der Waals surface area contributed by atoms with Gasteiger partial charge in [-0.1, -0.05) is 0 Å². The second kappa shape index (κ2) is 6.80. The molecule has 4 heteroatoms. The molecule has 1 rings (SSSR count). The average Bonchev–Trinajstić information content (AvgIpc) is 2.61. The van der Waals surface area contributed by atoms with Crippen LogP contribution in [0, 0.1) is 0 Å². The highest BCUT2D eigenvalue weighted by Gasteiger charge is 2.21. The molecule has 0 atom stereocenters. The summed E-state index contributed by atoms with van der Waals surface area (Å²) >= 11 is 0. The summed E-state index contributed by atoms with van der Waals surface area (Å²) in [7, 11) is 0. The summed E-state index contributed by atoms with van der Waals surface area (Å²) in [6, 6.07) is 0. The quantitative estimate of drug-likeness (QED) is 0.602. The van der Waals surface area contributed by atoms with E-state index in [0.29, 0.717) is 19.6 Å². The maximum Gasteiger partial charge on any atom is 0.222 e. The van der Waals surface area contributed by atoms with Gasteiger partial charge in [-0.25, -0.2) is 0 Å². The van der Waals surface area contributed by atoms with Crippen molar-refractivity contribution in [2.24, 2.45) is 0 Å². The number of hydrogen-bond donors (Lipinski definition) is 0. The summed E-state index contributed by atoms with van der Waals surface area (Å²) in [6.07, 6.45) is 2.31. The van der Waals surface area contributed by atoms with E-state index in [2.05, 4.69) is 0 Å². The highest BCUT2D eigenvalue weighted by molar-refractivity contribution is 5.77. The summed E-state index contributed by atoms with van der Waals surface area (Å²) < 4.78 is 10.8. The Hall–Kier alpha value is -0.610. The van der Waals surface area contributed by atoms with Crippen LogP contribution in [-0.4, -0.2) is 43.4 Å². The fourth-order valence-electron chi connectivity index (χ4n) is 1.79. The van der Waals surface area contributed by atoms with Crippen LogP contribution >= 0.6 is 0 Å². The van der Waals surface area contributed by atoms with Gasteiger partial charge in [0.05, 0.1) is 0 Å². The largest absolute Gasteiger partial charge is 0.353 e. The maximum absolute atomic E-state index is 11.3. The van der Waals surface area contributed by atoms with E-state index < -0.39 is 0 Å². The van der Waals surface area contributed by atoms with Crippen molar-refractivity contribution in [1.29, 1.82) is 0 Å². The Morgan fingerprint density at radius 1 is 1.33 bits per heavy atom. The number of ether oxygens (including phenoxy) is 2. The van der Waals surface area contributed by atoms with E-state index in [-0.39, 0.29) is 12.2 Å². The zero-order valence-electron chi connectivity index (χ0n) is 9.70. The molecule has 0 unspecified atom stereocenters. The summed E-state index contributed by atoms with van der Waals surface area (Å²) in [4.78, 5) is 13.2. The summed E-state index contributed by atoms with van der Waals surface area (Å²) in [5.41, 5.74) is 0.